The number of nitrogens with one attached hydrogen (secondary N) is 2. The van der Waals surface area contributed by atoms with Crippen LogP contribution in [-0.4, -0.2) is 33.7 Å². The Morgan fingerprint density at radius 1 is 0.923 bits per heavy atom. The number of hydrogen-bond donors (Lipinski definition) is 2. The molecule has 7 nitrogen and oxygen atoms in total. The fraction of sp³-hybridized carbons (Fsp3) is 0.250. The number of rotatable bonds is 5. The number of carbonyl (C=O) groups is 3. The maximum Gasteiger partial charge on any atom is 0.413 e. The molecule has 0 bridgehead atoms. The summed E-state index contributed by atoms with van der Waals surface area (Å²) >= 11 is 0. The number of nitrogens with zero attached hydrogens (tertiary/aromatic N) is 1. The number of hydrogen-bond acceptors (Lipinski definition) is 5. The molecule has 0 saturated heterocycles. The van der Waals surface area contributed by atoms with Gasteiger partial charge in [-0.3, -0.25) is 14.9 Å². The van der Waals surface area contributed by atoms with Gasteiger partial charge in [0.05, 0.1) is 11.2 Å². The van der Waals surface area contributed by atoms with Crippen LogP contribution >= 0.6 is 0 Å². The predicted octanol–water partition coefficient (Wildman–Crippen LogP) is 6.97. The number of ketones is 2. The van der Waals surface area contributed by atoms with Gasteiger partial charge in [-0.15, -0.1) is 0 Å². The first-order valence-corrected chi connectivity index (χ1v) is 13.4. The van der Waals surface area contributed by atoms with Crippen LogP contribution in [0.2, 0.25) is 0 Å². The maximum absolute atomic E-state index is 13.3. The van der Waals surface area contributed by atoms with Crippen LogP contribution in [0.1, 0.15) is 44.1 Å². The number of anilines is 1. The third-order valence-corrected chi connectivity index (χ3v) is 7.43. The Labute approximate surface area is 226 Å². The average Bonchev–Trinajstić information content (AvgIpc) is 3.31. The minimum Gasteiger partial charge on any atom is -0.436 e. The van der Waals surface area contributed by atoms with E-state index in [9.17, 15) is 14.4 Å². The Morgan fingerprint density at radius 3 is 2.26 bits per heavy atom. The van der Waals surface area contributed by atoms with Crippen molar-refractivity contribution in [2.45, 2.75) is 51.6 Å². The van der Waals surface area contributed by atoms with Gasteiger partial charge in [0.15, 0.2) is 17.7 Å². The number of pyridine rings is 1. The standard InChI is InChI=1S/C32H29N3O4/c1-19-14-16-20(17-15-19)29-30-24(21-8-2-5-11-25(21)33-30)18-28(34-29)35-32(38)39-31(22-9-3-6-12-26(22)36)23-10-4-7-13-27(23)37/h2,5,8-11,14-18,31,33H,3-4,6-7,12-13H2,1H3,(H,34,35,38). The molecule has 2 aliphatic carbocycles. The molecule has 2 aromatic carbocycles. The average molecular weight is 520 g/mol. The lowest BCUT2D eigenvalue weighted by atomic mass is 9.85. The zero-order valence-electron chi connectivity index (χ0n) is 21.8. The molecule has 2 heterocycles. The van der Waals surface area contributed by atoms with Gasteiger partial charge < -0.3 is 9.72 Å². The van der Waals surface area contributed by atoms with E-state index in [1.54, 1.807) is 12.2 Å². The molecular formula is C32H29N3O4. The Kier molecular flexibility index (Phi) is 6.57. The summed E-state index contributed by atoms with van der Waals surface area (Å²) in [6.45, 7) is 2.03. The fourth-order valence-electron chi connectivity index (χ4n) is 5.43. The van der Waals surface area contributed by atoms with Crippen LogP contribution < -0.4 is 5.32 Å². The molecule has 0 atom stereocenters. The summed E-state index contributed by atoms with van der Waals surface area (Å²) in [4.78, 5) is 47.1. The van der Waals surface area contributed by atoms with Gasteiger partial charge in [0.25, 0.3) is 0 Å². The van der Waals surface area contributed by atoms with Crippen LogP contribution in [0.5, 0.6) is 0 Å². The Balaban J connectivity index is 1.37. The van der Waals surface area contributed by atoms with Gasteiger partial charge in [0.2, 0.25) is 0 Å². The van der Waals surface area contributed by atoms with E-state index in [0.717, 1.165) is 45.8 Å². The summed E-state index contributed by atoms with van der Waals surface area (Å²) < 4.78 is 5.84. The highest BCUT2D eigenvalue weighted by atomic mass is 16.6. The number of aromatic nitrogens is 2. The van der Waals surface area contributed by atoms with Crippen LogP contribution in [0, 0.1) is 6.92 Å². The topological polar surface area (TPSA) is 101 Å². The molecule has 1 amide bonds. The molecule has 39 heavy (non-hydrogen) atoms. The Morgan fingerprint density at radius 2 is 1.59 bits per heavy atom. The third-order valence-electron chi connectivity index (χ3n) is 7.43. The Hall–Kier alpha value is -4.52. The minimum atomic E-state index is -1.01. The smallest absolute Gasteiger partial charge is 0.413 e. The number of aromatic amines is 1. The van der Waals surface area contributed by atoms with Crippen molar-refractivity contribution in [2.24, 2.45) is 0 Å². The van der Waals surface area contributed by atoms with Crippen molar-refractivity contribution in [1.29, 1.82) is 0 Å². The molecule has 0 spiro atoms. The number of amides is 1. The van der Waals surface area contributed by atoms with Crippen LogP contribution in [0.15, 0.2) is 77.9 Å². The molecule has 0 saturated carbocycles. The molecule has 4 aromatic rings. The normalized spacial score (nSPS) is 15.9. The van der Waals surface area contributed by atoms with Crippen LogP contribution in [-0.2, 0) is 14.3 Å². The van der Waals surface area contributed by atoms with Crippen molar-refractivity contribution in [3.63, 3.8) is 0 Å². The number of carbonyl (C=O) groups excluding carboxylic acids is 3. The van der Waals surface area contributed by atoms with Crippen LogP contribution in [0.4, 0.5) is 10.6 Å². The lowest BCUT2D eigenvalue weighted by Crippen LogP contribution is -2.33. The van der Waals surface area contributed by atoms with Gasteiger partial charge >= 0.3 is 6.09 Å². The molecule has 0 fully saturated rings. The number of ether oxygens (including phenoxy) is 1. The van der Waals surface area contributed by atoms with Gasteiger partial charge in [-0.1, -0.05) is 60.2 Å². The first-order chi connectivity index (χ1) is 19.0. The second-order valence-corrected chi connectivity index (χ2v) is 10.2. The Bertz CT molecular complexity index is 1640. The summed E-state index contributed by atoms with van der Waals surface area (Å²) in [5.74, 6) is 0.149. The van der Waals surface area contributed by atoms with E-state index in [-0.39, 0.29) is 11.6 Å². The van der Waals surface area contributed by atoms with Crippen LogP contribution in [0.3, 0.4) is 0 Å². The molecular weight excluding hydrogens is 490 g/mol. The van der Waals surface area contributed by atoms with E-state index >= 15 is 0 Å². The summed E-state index contributed by atoms with van der Waals surface area (Å²) in [6.07, 6.45) is 5.53. The van der Waals surface area contributed by atoms with Crippen molar-refractivity contribution < 1.29 is 19.1 Å². The number of H-pyrrole nitrogens is 1. The number of aryl methyl sites for hydroxylation is 1. The molecule has 0 aliphatic heterocycles. The van der Waals surface area contributed by atoms with E-state index in [2.05, 4.69) is 10.3 Å². The minimum absolute atomic E-state index is 0.0849. The molecule has 6 rings (SSSR count). The summed E-state index contributed by atoms with van der Waals surface area (Å²) in [5.41, 5.74) is 5.35. The summed E-state index contributed by atoms with van der Waals surface area (Å²) in [5, 5.41) is 4.71. The van der Waals surface area contributed by atoms with Gasteiger partial charge in [-0.25, -0.2) is 9.78 Å². The molecule has 7 heteroatoms. The fourth-order valence-corrected chi connectivity index (χ4v) is 5.43. The van der Waals surface area contributed by atoms with E-state index in [4.69, 9.17) is 9.72 Å². The quantitative estimate of drug-likeness (QED) is 0.297. The maximum atomic E-state index is 13.3. The number of benzene rings is 2. The lowest BCUT2D eigenvalue weighted by molar-refractivity contribution is -0.117. The number of fused-ring (bicyclic) bond motifs is 3. The number of allylic oxidation sites excluding steroid dienone is 2. The molecule has 2 N–H and O–H groups in total. The molecule has 2 aliphatic rings. The first kappa shape index (κ1) is 24.8. The van der Waals surface area contributed by atoms with Crippen molar-refractivity contribution in [1.82, 2.24) is 9.97 Å². The third kappa shape index (κ3) is 4.88. The van der Waals surface area contributed by atoms with Crippen molar-refractivity contribution >= 4 is 45.3 Å². The van der Waals surface area contributed by atoms with Crippen molar-refractivity contribution in [3.05, 3.63) is 83.5 Å². The highest BCUT2D eigenvalue weighted by Gasteiger charge is 2.33. The monoisotopic (exact) mass is 519 g/mol. The predicted molar refractivity (Wildman–Crippen MR) is 152 cm³/mol. The molecule has 196 valence electrons. The SMILES string of the molecule is Cc1ccc(-c2nc(NC(=O)OC(C3=CCCCC3=O)C3=CCCCC3=O)cc3c2[nH]c2ccccc23)cc1. The van der Waals surface area contributed by atoms with Gasteiger partial charge in [-0.2, -0.15) is 0 Å². The summed E-state index contributed by atoms with van der Waals surface area (Å²) in [6, 6.07) is 17.8. The van der Waals surface area contributed by atoms with E-state index in [1.165, 1.54) is 0 Å². The van der Waals surface area contributed by atoms with Crippen molar-refractivity contribution in [2.75, 3.05) is 5.32 Å². The second kappa shape index (κ2) is 10.3. The molecule has 2 aromatic heterocycles. The zero-order chi connectivity index (χ0) is 26.9. The van der Waals surface area contributed by atoms with Crippen LogP contribution in [0.25, 0.3) is 33.1 Å². The van der Waals surface area contributed by atoms with Crippen molar-refractivity contribution in [3.8, 4) is 11.3 Å². The summed E-state index contributed by atoms with van der Waals surface area (Å²) in [7, 11) is 0. The van der Waals surface area contributed by atoms with E-state index < -0.39 is 12.2 Å². The highest BCUT2D eigenvalue weighted by Crippen LogP contribution is 2.34. The largest absolute Gasteiger partial charge is 0.436 e. The van der Waals surface area contributed by atoms with Gasteiger partial charge in [-0.05, 0) is 44.7 Å². The van der Waals surface area contributed by atoms with Gasteiger partial charge in [0.1, 0.15) is 5.82 Å². The van der Waals surface area contributed by atoms with E-state index in [0.29, 0.717) is 48.3 Å². The molecule has 0 unspecified atom stereocenters. The molecule has 0 radical (unpaired) electrons. The lowest BCUT2D eigenvalue weighted by Gasteiger charge is -2.26. The number of Topliss-reactive ketones (excluding diaryl/α,β-unsaturated/α-hetero) is 2. The highest BCUT2D eigenvalue weighted by molar-refractivity contribution is 6.12. The number of para-hydroxylation sites is 1. The zero-order valence-corrected chi connectivity index (χ0v) is 21.8. The van der Waals surface area contributed by atoms with Gasteiger partial charge in [0, 0.05) is 45.8 Å². The van der Waals surface area contributed by atoms with E-state index in [1.807, 2.05) is 61.5 Å². The second-order valence-electron chi connectivity index (χ2n) is 10.2. The first-order valence-electron chi connectivity index (χ1n) is 13.4.